The van der Waals surface area contributed by atoms with Gasteiger partial charge in [-0.3, -0.25) is 19.4 Å². The van der Waals surface area contributed by atoms with E-state index >= 15 is 0 Å². The highest BCUT2D eigenvalue weighted by atomic mass is 19.1. The lowest BCUT2D eigenvalue weighted by molar-refractivity contribution is -0.131. The number of benzene rings is 3. The average Bonchev–Trinajstić information content (AvgIpc) is 2.94. The molecule has 9 nitrogen and oxygen atoms in total. The fraction of sp³-hybridized carbons (Fsp3) is 0.267. The highest BCUT2D eigenvalue weighted by molar-refractivity contribution is 5.92. The molecule has 210 valence electrons. The number of rotatable bonds is 14. The SMILES string of the molecule is NC(=O)[C@H](Cc1ccc(F)cc1)NC(=O)[C@@H](CCCN=C(N)N)NC(=O)CC(c1ccccc1)c1ccccc1. The fourth-order valence-electron chi connectivity index (χ4n) is 4.36. The van der Waals surface area contributed by atoms with Gasteiger partial charge in [-0.05, 0) is 41.7 Å². The summed E-state index contributed by atoms with van der Waals surface area (Å²) in [7, 11) is 0. The number of aliphatic imine (C=N–C) groups is 1. The molecule has 3 amide bonds. The maximum Gasteiger partial charge on any atom is 0.243 e. The molecule has 0 radical (unpaired) electrons. The number of halogens is 1. The Kier molecular flexibility index (Phi) is 11.2. The number of carbonyl (C=O) groups excluding carboxylic acids is 3. The van der Waals surface area contributed by atoms with Gasteiger partial charge in [-0.25, -0.2) is 4.39 Å². The standard InChI is InChI=1S/C30H35FN6O3/c31-23-15-13-20(14-16-23)18-26(28(32)39)37-29(40)25(12-7-17-35-30(33)34)36-27(38)19-24(21-8-3-1-4-9-21)22-10-5-2-6-11-22/h1-6,8-11,13-16,24-26H,7,12,17-19H2,(H2,32,39)(H,36,38)(H,37,40)(H4,33,34,35)/t25-,26+/m1/s1. The molecule has 0 aliphatic rings. The first-order chi connectivity index (χ1) is 19.2. The summed E-state index contributed by atoms with van der Waals surface area (Å²) in [5, 5.41) is 5.47. The summed E-state index contributed by atoms with van der Waals surface area (Å²) in [4.78, 5) is 42.7. The van der Waals surface area contributed by atoms with Crippen LogP contribution in [0.5, 0.6) is 0 Å². The molecule has 0 bridgehead atoms. The van der Waals surface area contributed by atoms with Gasteiger partial charge in [0.1, 0.15) is 17.9 Å². The van der Waals surface area contributed by atoms with Crippen LogP contribution in [0.15, 0.2) is 89.9 Å². The highest BCUT2D eigenvalue weighted by Gasteiger charge is 2.27. The van der Waals surface area contributed by atoms with E-state index in [-0.39, 0.29) is 43.6 Å². The largest absolute Gasteiger partial charge is 0.370 e. The van der Waals surface area contributed by atoms with E-state index in [0.717, 1.165) is 11.1 Å². The molecule has 10 heteroatoms. The zero-order chi connectivity index (χ0) is 28.9. The van der Waals surface area contributed by atoms with Gasteiger partial charge >= 0.3 is 0 Å². The van der Waals surface area contributed by atoms with Crippen molar-refractivity contribution in [2.24, 2.45) is 22.2 Å². The van der Waals surface area contributed by atoms with Crippen molar-refractivity contribution in [1.29, 1.82) is 0 Å². The van der Waals surface area contributed by atoms with E-state index in [4.69, 9.17) is 17.2 Å². The Morgan fingerprint density at radius 3 is 1.88 bits per heavy atom. The molecule has 0 saturated carbocycles. The summed E-state index contributed by atoms with van der Waals surface area (Å²) in [6.07, 6.45) is 0.786. The molecule has 0 spiro atoms. The molecule has 0 unspecified atom stereocenters. The molecule has 0 aromatic heterocycles. The van der Waals surface area contributed by atoms with Gasteiger partial charge in [-0.15, -0.1) is 0 Å². The maximum absolute atomic E-state index is 13.3. The lowest BCUT2D eigenvalue weighted by Gasteiger charge is -2.23. The Hall–Kier alpha value is -4.73. The van der Waals surface area contributed by atoms with E-state index in [0.29, 0.717) is 12.0 Å². The Bertz CT molecular complexity index is 1240. The molecular weight excluding hydrogens is 511 g/mol. The number of guanidine groups is 1. The number of hydrogen-bond acceptors (Lipinski definition) is 4. The normalized spacial score (nSPS) is 12.2. The zero-order valence-electron chi connectivity index (χ0n) is 22.1. The van der Waals surface area contributed by atoms with Crippen LogP contribution in [-0.2, 0) is 20.8 Å². The molecule has 0 saturated heterocycles. The summed E-state index contributed by atoms with van der Waals surface area (Å²) in [6.45, 7) is 0.257. The van der Waals surface area contributed by atoms with Crippen molar-refractivity contribution in [1.82, 2.24) is 10.6 Å². The molecule has 0 heterocycles. The number of nitrogens with one attached hydrogen (secondary N) is 2. The first-order valence-corrected chi connectivity index (χ1v) is 13.0. The fourth-order valence-corrected chi connectivity index (χ4v) is 4.36. The van der Waals surface area contributed by atoms with Gasteiger partial charge < -0.3 is 27.8 Å². The Labute approximate surface area is 233 Å². The van der Waals surface area contributed by atoms with Crippen LogP contribution in [0.4, 0.5) is 4.39 Å². The summed E-state index contributed by atoms with van der Waals surface area (Å²) in [6, 6.07) is 22.8. The van der Waals surface area contributed by atoms with Gasteiger partial charge in [-0.2, -0.15) is 0 Å². The van der Waals surface area contributed by atoms with Crippen LogP contribution in [0.2, 0.25) is 0 Å². The lowest BCUT2D eigenvalue weighted by atomic mass is 9.88. The van der Waals surface area contributed by atoms with Crippen molar-refractivity contribution < 1.29 is 18.8 Å². The summed E-state index contributed by atoms with van der Waals surface area (Å²) in [5.41, 5.74) is 18.9. The molecule has 8 N–H and O–H groups in total. The topological polar surface area (TPSA) is 166 Å². The van der Waals surface area contributed by atoms with Gasteiger partial charge in [0, 0.05) is 25.3 Å². The molecule has 0 aliphatic carbocycles. The minimum absolute atomic E-state index is 0.0696. The summed E-state index contributed by atoms with van der Waals surface area (Å²) in [5.74, 6) is -2.39. The molecule has 3 aromatic rings. The van der Waals surface area contributed by atoms with Crippen LogP contribution in [0, 0.1) is 5.82 Å². The van der Waals surface area contributed by atoms with Crippen LogP contribution >= 0.6 is 0 Å². The number of carbonyl (C=O) groups is 3. The van der Waals surface area contributed by atoms with E-state index in [1.807, 2.05) is 60.7 Å². The van der Waals surface area contributed by atoms with Gasteiger partial charge in [0.2, 0.25) is 17.7 Å². The number of hydrogen-bond donors (Lipinski definition) is 5. The highest BCUT2D eigenvalue weighted by Crippen LogP contribution is 2.27. The first kappa shape index (κ1) is 29.8. The minimum atomic E-state index is -1.06. The van der Waals surface area contributed by atoms with Gasteiger partial charge in [0.25, 0.3) is 0 Å². The van der Waals surface area contributed by atoms with Crippen molar-refractivity contribution >= 4 is 23.7 Å². The predicted molar refractivity (Wildman–Crippen MR) is 152 cm³/mol. The average molecular weight is 547 g/mol. The monoisotopic (exact) mass is 546 g/mol. The third-order valence-corrected chi connectivity index (χ3v) is 6.40. The summed E-state index contributed by atoms with van der Waals surface area (Å²) >= 11 is 0. The van der Waals surface area contributed by atoms with Gasteiger partial charge in [-0.1, -0.05) is 72.8 Å². The van der Waals surface area contributed by atoms with E-state index in [2.05, 4.69) is 15.6 Å². The van der Waals surface area contributed by atoms with Crippen LogP contribution in [0.3, 0.4) is 0 Å². The van der Waals surface area contributed by atoms with Crippen LogP contribution < -0.4 is 27.8 Å². The van der Waals surface area contributed by atoms with Crippen molar-refractivity contribution in [2.45, 2.75) is 43.7 Å². The van der Waals surface area contributed by atoms with Crippen molar-refractivity contribution in [3.8, 4) is 0 Å². The minimum Gasteiger partial charge on any atom is -0.370 e. The van der Waals surface area contributed by atoms with Crippen LogP contribution in [-0.4, -0.2) is 42.3 Å². The number of amides is 3. The van der Waals surface area contributed by atoms with Gasteiger partial charge in [0.15, 0.2) is 5.96 Å². The first-order valence-electron chi connectivity index (χ1n) is 13.0. The second-order valence-electron chi connectivity index (χ2n) is 9.44. The molecule has 40 heavy (non-hydrogen) atoms. The van der Waals surface area contributed by atoms with Crippen molar-refractivity contribution in [2.75, 3.05) is 6.54 Å². The number of nitrogens with zero attached hydrogens (tertiary/aromatic N) is 1. The number of nitrogens with two attached hydrogens (primary N) is 3. The second kappa shape index (κ2) is 15.0. The Morgan fingerprint density at radius 2 is 1.35 bits per heavy atom. The van der Waals surface area contributed by atoms with E-state index in [1.165, 1.54) is 24.3 Å². The van der Waals surface area contributed by atoms with Gasteiger partial charge in [0.05, 0.1) is 0 Å². The second-order valence-corrected chi connectivity index (χ2v) is 9.44. The molecular formula is C30H35FN6O3. The molecule has 3 aromatic carbocycles. The Morgan fingerprint density at radius 1 is 0.775 bits per heavy atom. The van der Waals surface area contributed by atoms with E-state index < -0.39 is 29.7 Å². The van der Waals surface area contributed by atoms with E-state index in [1.54, 1.807) is 0 Å². The molecule has 0 aliphatic heterocycles. The third-order valence-electron chi connectivity index (χ3n) is 6.40. The zero-order valence-corrected chi connectivity index (χ0v) is 22.1. The molecule has 2 atom stereocenters. The Balaban J connectivity index is 1.75. The lowest BCUT2D eigenvalue weighted by Crippen LogP contribution is -2.53. The van der Waals surface area contributed by atoms with E-state index in [9.17, 15) is 18.8 Å². The smallest absolute Gasteiger partial charge is 0.243 e. The van der Waals surface area contributed by atoms with Crippen LogP contribution in [0.25, 0.3) is 0 Å². The quantitative estimate of drug-likeness (QED) is 0.118. The van der Waals surface area contributed by atoms with Crippen LogP contribution in [0.1, 0.15) is 41.9 Å². The molecule has 3 rings (SSSR count). The number of primary amides is 1. The molecule has 0 fully saturated rings. The summed E-state index contributed by atoms with van der Waals surface area (Å²) < 4.78 is 13.3. The van der Waals surface area contributed by atoms with Crippen molar-refractivity contribution in [3.63, 3.8) is 0 Å². The maximum atomic E-state index is 13.3. The van der Waals surface area contributed by atoms with Crippen molar-refractivity contribution in [3.05, 3.63) is 107 Å². The predicted octanol–water partition coefficient (Wildman–Crippen LogP) is 2.10. The third kappa shape index (κ3) is 9.54.